The number of fused-ring (bicyclic) bond motifs is 1. The van der Waals surface area contributed by atoms with Gasteiger partial charge in [-0.2, -0.15) is 0 Å². The molecule has 0 heterocycles. The van der Waals surface area contributed by atoms with Crippen molar-refractivity contribution in [3.05, 3.63) is 64.5 Å². The molecule has 0 spiro atoms. The fourth-order valence-corrected chi connectivity index (χ4v) is 3.64. The van der Waals surface area contributed by atoms with Gasteiger partial charge in [-0.1, -0.05) is 27.7 Å². The lowest BCUT2D eigenvalue weighted by Crippen LogP contribution is -2.34. The predicted molar refractivity (Wildman–Crippen MR) is 103 cm³/mol. The molecular formula is C22H24FNO3. The third kappa shape index (κ3) is 3.59. The third-order valence-electron chi connectivity index (χ3n) is 5.58. The molecule has 2 N–H and O–H groups in total. The van der Waals surface area contributed by atoms with Gasteiger partial charge in [0.05, 0.1) is 11.3 Å². The van der Waals surface area contributed by atoms with Gasteiger partial charge in [0.2, 0.25) is 0 Å². The first-order valence-electron chi connectivity index (χ1n) is 9.00. The van der Waals surface area contributed by atoms with Crippen LogP contribution in [0.25, 0.3) is 0 Å². The largest absolute Gasteiger partial charge is 0.478 e. The van der Waals surface area contributed by atoms with E-state index in [0.717, 1.165) is 24.0 Å². The number of carbonyl (C=O) groups is 2. The highest BCUT2D eigenvalue weighted by Gasteiger charge is 2.38. The second-order valence-electron chi connectivity index (χ2n) is 8.48. The first kappa shape index (κ1) is 19.1. The van der Waals surface area contributed by atoms with Crippen molar-refractivity contribution in [2.45, 2.75) is 51.4 Å². The Hall–Kier alpha value is -2.69. The summed E-state index contributed by atoms with van der Waals surface area (Å²) in [5.41, 5.74) is 2.35. The van der Waals surface area contributed by atoms with Crippen molar-refractivity contribution < 1.29 is 19.1 Å². The summed E-state index contributed by atoms with van der Waals surface area (Å²) in [5, 5.41) is 11.6. The van der Waals surface area contributed by atoms with Crippen LogP contribution in [0.5, 0.6) is 0 Å². The van der Waals surface area contributed by atoms with Crippen LogP contribution < -0.4 is 5.32 Å². The smallest absolute Gasteiger partial charge is 0.335 e. The Labute approximate surface area is 158 Å². The number of hydrogen-bond donors (Lipinski definition) is 2. The summed E-state index contributed by atoms with van der Waals surface area (Å²) in [6.07, 6.45) is 1.97. The molecule has 2 aromatic rings. The molecule has 0 bridgehead atoms. The summed E-state index contributed by atoms with van der Waals surface area (Å²) < 4.78 is 14.7. The molecule has 5 heteroatoms. The van der Waals surface area contributed by atoms with Gasteiger partial charge >= 0.3 is 5.97 Å². The van der Waals surface area contributed by atoms with Gasteiger partial charge in [0.1, 0.15) is 5.82 Å². The number of aromatic carboxylic acids is 1. The molecule has 2 aromatic carbocycles. The number of amides is 1. The molecular weight excluding hydrogens is 345 g/mol. The van der Waals surface area contributed by atoms with Crippen LogP contribution in [0.4, 0.5) is 10.1 Å². The molecule has 0 saturated heterocycles. The normalized spacial score (nSPS) is 17.1. The molecule has 0 aromatic heterocycles. The van der Waals surface area contributed by atoms with E-state index < -0.39 is 17.7 Å². The van der Waals surface area contributed by atoms with Crippen LogP contribution in [-0.4, -0.2) is 17.0 Å². The summed E-state index contributed by atoms with van der Waals surface area (Å²) >= 11 is 0. The van der Waals surface area contributed by atoms with Crippen molar-refractivity contribution in [3.63, 3.8) is 0 Å². The number of carbonyl (C=O) groups excluding carboxylic acids is 1. The fourth-order valence-electron chi connectivity index (χ4n) is 3.64. The maximum Gasteiger partial charge on any atom is 0.335 e. The summed E-state index contributed by atoms with van der Waals surface area (Å²) in [4.78, 5) is 23.4. The van der Waals surface area contributed by atoms with E-state index in [-0.39, 0.29) is 27.6 Å². The van der Waals surface area contributed by atoms with E-state index in [9.17, 15) is 14.0 Å². The first-order valence-corrected chi connectivity index (χ1v) is 9.00. The van der Waals surface area contributed by atoms with E-state index in [2.05, 4.69) is 33.0 Å². The average Bonchev–Trinajstić information content (AvgIpc) is 2.60. The molecule has 4 nitrogen and oxygen atoms in total. The second-order valence-corrected chi connectivity index (χ2v) is 8.48. The Balaban J connectivity index is 1.94. The predicted octanol–water partition coefficient (Wildman–Crippen LogP) is 5.13. The minimum atomic E-state index is -1.06. The highest BCUT2D eigenvalue weighted by molar-refractivity contribution is 6.05. The summed E-state index contributed by atoms with van der Waals surface area (Å²) in [6.45, 7) is 8.50. The number of nitrogens with one attached hydrogen (secondary N) is 1. The monoisotopic (exact) mass is 369 g/mol. The van der Waals surface area contributed by atoms with Gasteiger partial charge in [0.15, 0.2) is 0 Å². The summed E-state index contributed by atoms with van der Waals surface area (Å²) in [7, 11) is 0. The number of anilines is 1. The Morgan fingerprint density at radius 2 is 1.41 bits per heavy atom. The number of hydrogen-bond acceptors (Lipinski definition) is 2. The molecule has 27 heavy (non-hydrogen) atoms. The topological polar surface area (TPSA) is 66.4 Å². The number of halogens is 1. The fraction of sp³-hybridized carbons (Fsp3) is 0.364. The van der Waals surface area contributed by atoms with Crippen LogP contribution in [0, 0.1) is 5.82 Å². The zero-order valence-electron chi connectivity index (χ0n) is 16.0. The molecule has 0 radical (unpaired) electrons. The third-order valence-corrected chi connectivity index (χ3v) is 5.58. The molecule has 0 fully saturated rings. The minimum absolute atomic E-state index is 0.0930. The van der Waals surface area contributed by atoms with Gasteiger partial charge in [0.25, 0.3) is 5.91 Å². The van der Waals surface area contributed by atoms with Crippen LogP contribution in [0.2, 0.25) is 0 Å². The summed E-state index contributed by atoms with van der Waals surface area (Å²) in [5.74, 6) is -2.00. The zero-order chi connectivity index (χ0) is 20.0. The highest BCUT2D eigenvalue weighted by Crippen LogP contribution is 2.47. The van der Waals surface area contributed by atoms with Crippen molar-refractivity contribution in [2.75, 3.05) is 5.32 Å². The van der Waals surface area contributed by atoms with Crippen molar-refractivity contribution in [2.24, 2.45) is 0 Å². The SMILES string of the molecule is CC1(C)CCC(C)(C)c2cc(NC(=O)c3ccc(C(=O)O)cc3)c(F)cc21. The first-order chi connectivity index (χ1) is 12.5. The number of rotatable bonds is 3. The van der Waals surface area contributed by atoms with Crippen molar-refractivity contribution in [1.29, 1.82) is 0 Å². The summed E-state index contributed by atoms with van der Waals surface area (Å²) in [6, 6.07) is 8.83. The lowest BCUT2D eigenvalue weighted by molar-refractivity contribution is 0.0696. The van der Waals surface area contributed by atoms with Gasteiger partial charge in [0, 0.05) is 5.56 Å². The van der Waals surface area contributed by atoms with Gasteiger partial charge in [-0.15, -0.1) is 0 Å². The van der Waals surface area contributed by atoms with Crippen LogP contribution >= 0.6 is 0 Å². The van der Waals surface area contributed by atoms with E-state index >= 15 is 0 Å². The lowest BCUT2D eigenvalue weighted by atomic mass is 9.63. The maximum absolute atomic E-state index is 14.7. The Kier molecular flexibility index (Phi) is 4.58. The maximum atomic E-state index is 14.7. The van der Waals surface area contributed by atoms with Crippen molar-refractivity contribution in [1.82, 2.24) is 0 Å². The van der Waals surface area contributed by atoms with E-state index in [1.807, 2.05) is 0 Å². The van der Waals surface area contributed by atoms with E-state index in [0.29, 0.717) is 0 Å². The molecule has 1 aliphatic rings. The van der Waals surface area contributed by atoms with Gasteiger partial charge in [-0.05, 0) is 71.2 Å². The Bertz CT molecular complexity index is 914. The Morgan fingerprint density at radius 3 is 1.93 bits per heavy atom. The van der Waals surface area contributed by atoms with Crippen molar-refractivity contribution in [3.8, 4) is 0 Å². The minimum Gasteiger partial charge on any atom is -0.478 e. The zero-order valence-corrected chi connectivity index (χ0v) is 16.0. The molecule has 3 rings (SSSR count). The quantitative estimate of drug-likeness (QED) is 0.789. The van der Waals surface area contributed by atoms with Crippen LogP contribution in [0.1, 0.15) is 72.4 Å². The molecule has 0 atom stereocenters. The number of carboxylic acids is 1. The standard InChI is InChI=1S/C22H24FNO3/c1-21(2)9-10-22(3,4)16-12-18(17(23)11-15(16)21)24-19(25)13-5-7-14(8-6-13)20(26)27/h5-8,11-12H,9-10H2,1-4H3,(H,24,25)(H,26,27). The van der Waals surface area contributed by atoms with E-state index in [1.165, 1.54) is 24.3 Å². The molecule has 0 aliphatic heterocycles. The van der Waals surface area contributed by atoms with Gasteiger partial charge in [-0.3, -0.25) is 4.79 Å². The number of benzene rings is 2. The second kappa shape index (κ2) is 6.48. The number of carboxylic acid groups (broad SMARTS) is 1. The Morgan fingerprint density at radius 1 is 0.926 bits per heavy atom. The van der Waals surface area contributed by atoms with Crippen LogP contribution in [0.15, 0.2) is 36.4 Å². The molecule has 142 valence electrons. The molecule has 0 unspecified atom stereocenters. The van der Waals surface area contributed by atoms with E-state index in [4.69, 9.17) is 5.11 Å². The highest BCUT2D eigenvalue weighted by atomic mass is 19.1. The van der Waals surface area contributed by atoms with Gasteiger partial charge in [-0.25, -0.2) is 9.18 Å². The van der Waals surface area contributed by atoms with Crippen LogP contribution in [0.3, 0.4) is 0 Å². The lowest BCUT2D eigenvalue weighted by Gasteiger charge is -2.42. The molecule has 0 saturated carbocycles. The van der Waals surface area contributed by atoms with E-state index in [1.54, 1.807) is 12.1 Å². The average molecular weight is 369 g/mol. The molecule has 1 aliphatic carbocycles. The van der Waals surface area contributed by atoms with Crippen LogP contribution in [-0.2, 0) is 10.8 Å². The molecule has 1 amide bonds. The van der Waals surface area contributed by atoms with Crippen molar-refractivity contribution >= 4 is 17.6 Å². The van der Waals surface area contributed by atoms with Gasteiger partial charge < -0.3 is 10.4 Å².